The number of allylic oxidation sites excluding steroid dienone is 1. The molecular weight excluding hydrogens is 426 g/mol. The van der Waals surface area contributed by atoms with Crippen LogP contribution in [0.5, 0.6) is 0 Å². The number of nitrogens with one attached hydrogen (secondary N) is 1. The number of hydrogen-bond donors (Lipinski definition) is 4. The van der Waals surface area contributed by atoms with Crippen LogP contribution in [0.4, 0.5) is 0 Å². The Kier molecular flexibility index (Phi) is 7.54. The fourth-order valence-electron chi connectivity index (χ4n) is 9.08. The van der Waals surface area contributed by atoms with E-state index in [0.717, 1.165) is 57.8 Å². The Hall–Kier alpha value is -1.35. The van der Waals surface area contributed by atoms with Gasteiger partial charge < -0.3 is 20.6 Å². The van der Waals surface area contributed by atoms with E-state index in [1.165, 1.54) is 0 Å². The van der Waals surface area contributed by atoms with Crippen LogP contribution in [-0.4, -0.2) is 46.1 Å². The second-order valence-electron chi connectivity index (χ2n) is 12.4. The van der Waals surface area contributed by atoms with Crippen LogP contribution in [0, 0.1) is 58.7 Å². The fraction of sp³-hybridized carbons (Fsp3) is 0.828. The van der Waals surface area contributed by atoms with Crippen molar-refractivity contribution in [3.05, 3.63) is 12.2 Å². The summed E-state index contributed by atoms with van der Waals surface area (Å²) in [6.45, 7) is 7.21. The molecule has 4 saturated carbocycles. The highest BCUT2D eigenvalue weighted by Gasteiger charge is 2.65. The summed E-state index contributed by atoms with van der Waals surface area (Å²) >= 11 is 0. The first kappa shape index (κ1) is 25.7. The van der Waals surface area contributed by atoms with Gasteiger partial charge in [-0.25, -0.2) is 0 Å². The van der Waals surface area contributed by atoms with Gasteiger partial charge in [-0.15, -0.1) is 6.42 Å². The van der Waals surface area contributed by atoms with Crippen LogP contribution in [0.25, 0.3) is 0 Å². The first-order valence-corrected chi connectivity index (χ1v) is 13.5. The summed E-state index contributed by atoms with van der Waals surface area (Å²) in [5, 5.41) is 36.0. The summed E-state index contributed by atoms with van der Waals surface area (Å²) < 4.78 is 0. The van der Waals surface area contributed by atoms with Crippen molar-refractivity contribution in [2.45, 2.75) is 96.9 Å². The van der Waals surface area contributed by atoms with Crippen molar-refractivity contribution in [1.29, 1.82) is 0 Å². The van der Waals surface area contributed by atoms with Gasteiger partial charge in [0.25, 0.3) is 0 Å². The monoisotopic (exact) mass is 471 g/mol. The molecule has 11 unspecified atom stereocenters. The van der Waals surface area contributed by atoms with Crippen molar-refractivity contribution in [2.75, 3.05) is 6.54 Å². The molecule has 5 heteroatoms. The van der Waals surface area contributed by atoms with Crippen molar-refractivity contribution in [1.82, 2.24) is 5.32 Å². The predicted molar refractivity (Wildman–Crippen MR) is 133 cm³/mol. The molecular formula is C29H45NO4. The summed E-state index contributed by atoms with van der Waals surface area (Å²) in [7, 11) is 0. The van der Waals surface area contributed by atoms with Crippen molar-refractivity contribution in [2.24, 2.45) is 46.3 Å². The van der Waals surface area contributed by atoms with E-state index in [9.17, 15) is 20.1 Å². The molecule has 34 heavy (non-hydrogen) atoms. The second-order valence-corrected chi connectivity index (χ2v) is 12.4. The van der Waals surface area contributed by atoms with Gasteiger partial charge in [-0.1, -0.05) is 32.8 Å². The molecule has 11 atom stereocenters. The van der Waals surface area contributed by atoms with Crippen LogP contribution in [0.15, 0.2) is 12.2 Å². The van der Waals surface area contributed by atoms with E-state index < -0.39 is 0 Å². The summed E-state index contributed by atoms with van der Waals surface area (Å²) in [4.78, 5) is 11.7. The molecule has 190 valence electrons. The minimum atomic E-state index is -0.353. The molecule has 4 fully saturated rings. The zero-order valence-electron chi connectivity index (χ0n) is 21.2. The maximum atomic E-state index is 11.7. The molecule has 4 rings (SSSR count). The van der Waals surface area contributed by atoms with Crippen LogP contribution >= 0.6 is 0 Å². The summed E-state index contributed by atoms with van der Waals surface area (Å²) in [5.74, 6) is 4.39. The number of terminal acetylenes is 1. The number of hydrogen-bond acceptors (Lipinski definition) is 4. The van der Waals surface area contributed by atoms with E-state index in [-0.39, 0.29) is 47.5 Å². The molecule has 0 aliphatic heterocycles. The van der Waals surface area contributed by atoms with Gasteiger partial charge in [0.15, 0.2) is 0 Å². The minimum absolute atomic E-state index is 0.111. The van der Waals surface area contributed by atoms with E-state index >= 15 is 0 Å². The number of fused-ring (bicyclic) bond motifs is 5. The molecule has 4 N–H and O–H groups in total. The lowest BCUT2D eigenvalue weighted by atomic mass is 9.43. The zero-order chi connectivity index (χ0) is 24.7. The van der Waals surface area contributed by atoms with E-state index in [1.807, 2.05) is 6.08 Å². The predicted octanol–water partition coefficient (Wildman–Crippen LogP) is 3.67. The van der Waals surface area contributed by atoms with Crippen LogP contribution in [-0.2, 0) is 4.79 Å². The Balaban J connectivity index is 1.45. The molecule has 4 aliphatic carbocycles. The van der Waals surface area contributed by atoms with Gasteiger partial charge in [0, 0.05) is 0 Å². The van der Waals surface area contributed by atoms with E-state index in [4.69, 9.17) is 6.42 Å². The Labute approximate surface area is 205 Å². The number of rotatable bonds is 6. The average molecular weight is 472 g/mol. The standard InChI is InChI=1S/C29H45NO4/c1-5-14-30-26(34)9-7-6-8-18(2)21-10-11-22-27-23(17-25(33)29(21,22)4)28(3)13-12-20(31)15-19(28)16-24(27)32/h1,7,9,18-25,27,31-33H,6,8,10-17H2,2-4H3,(H,30,34)/b9-7+. The van der Waals surface area contributed by atoms with Gasteiger partial charge in [0.1, 0.15) is 0 Å². The highest BCUT2D eigenvalue weighted by molar-refractivity contribution is 5.87. The van der Waals surface area contributed by atoms with E-state index in [1.54, 1.807) is 6.08 Å². The van der Waals surface area contributed by atoms with Crippen LogP contribution in [0.1, 0.15) is 78.6 Å². The molecule has 0 spiro atoms. The van der Waals surface area contributed by atoms with E-state index in [0.29, 0.717) is 29.6 Å². The molecule has 1 amide bonds. The Bertz CT molecular complexity index is 819. The molecule has 0 aromatic heterocycles. The molecule has 0 saturated heterocycles. The van der Waals surface area contributed by atoms with Gasteiger partial charge in [-0.2, -0.15) is 0 Å². The van der Waals surface area contributed by atoms with Gasteiger partial charge >= 0.3 is 0 Å². The number of amides is 1. The SMILES string of the molecule is C#CCNC(=O)/C=C/CCC(C)C1CCC2C3C(O)CC4CC(O)CCC4(C)C3CC(O)C12C. The zero-order valence-corrected chi connectivity index (χ0v) is 21.2. The van der Waals surface area contributed by atoms with Crippen LogP contribution in [0.2, 0.25) is 0 Å². The number of aliphatic hydroxyl groups excluding tert-OH is 3. The normalized spacial score (nSPS) is 46.7. The summed E-state index contributed by atoms with van der Waals surface area (Å²) in [6.07, 6.45) is 15.9. The smallest absolute Gasteiger partial charge is 0.244 e. The summed E-state index contributed by atoms with van der Waals surface area (Å²) in [5.41, 5.74) is -0.0627. The third kappa shape index (κ3) is 4.36. The molecule has 4 aliphatic rings. The Morgan fingerprint density at radius 3 is 2.65 bits per heavy atom. The quantitative estimate of drug-likeness (QED) is 0.351. The second kappa shape index (κ2) is 9.96. The molecule has 5 nitrogen and oxygen atoms in total. The lowest BCUT2D eigenvalue weighted by Gasteiger charge is -2.63. The Morgan fingerprint density at radius 2 is 1.91 bits per heavy atom. The van der Waals surface area contributed by atoms with Crippen LogP contribution in [0.3, 0.4) is 0 Å². The molecule has 0 heterocycles. The molecule has 0 aromatic carbocycles. The maximum absolute atomic E-state index is 11.7. The number of carbonyl (C=O) groups is 1. The van der Waals surface area contributed by atoms with E-state index in [2.05, 4.69) is 32.0 Å². The van der Waals surface area contributed by atoms with Crippen LogP contribution < -0.4 is 5.32 Å². The third-order valence-electron chi connectivity index (χ3n) is 10.9. The van der Waals surface area contributed by atoms with Gasteiger partial charge in [0.05, 0.1) is 24.9 Å². The Morgan fingerprint density at radius 1 is 1.15 bits per heavy atom. The number of carbonyl (C=O) groups excluding carboxylic acids is 1. The first-order chi connectivity index (χ1) is 16.1. The topological polar surface area (TPSA) is 89.8 Å². The molecule has 0 radical (unpaired) electrons. The van der Waals surface area contributed by atoms with Crippen molar-refractivity contribution < 1.29 is 20.1 Å². The molecule has 0 aromatic rings. The fourth-order valence-corrected chi connectivity index (χ4v) is 9.08. The maximum Gasteiger partial charge on any atom is 0.244 e. The summed E-state index contributed by atoms with van der Waals surface area (Å²) in [6, 6.07) is 0. The molecule has 0 bridgehead atoms. The van der Waals surface area contributed by atoms with Gasteiger partial charge in [-0.05, 0) is 110 Å². The van der Waals surface area contributed by atoms with Crippen molar-refractivity contribution >= 4 is 5.91 Å². The van der Waals surface area contributed by atoms with Crippen molar-refractivity contribution in [3.8, 4) is 12.3 Å². The van der Waals surface area contributed by atoms with Gasteiger partial charge in [-0.3, -0.25) is 4.79 Å². The number of aliphatic hydroxyl groups is 3. The lowest BCUT2D eigenvalue weighted by molar-refractivity contribution is -0.207. The minimum Gasteiger partial charge on any atom is -0.393 e. The first-order valence-electron chi connectivity index (χ1n) is 13.5. The highest BCUT2D eigenvalue weighted by Crippen LogP contribution is 2.68. The highest BCUT2D eigenvalue weighted by atomic mass is 16.3. The third-order valence-corrected chi connectivity index (χ3v) is 10.9. The lowest BCUT2D eigenvalue weighted by Crippen LogP contribution is -2.62. The largest absolute Gasteiger partial charge is 0.393 e. The van der Waals surface area contributed by atoms with Crippen molar-refractivity contribution in [3.63, 3.8) is 0 Å². The average Bonchev–Trinajstić information content (AvgIpc) is 3.15. The van der Waals surface area contributed by atoms with Gasteiger partial charge in [0.2, 0.25) is 5.91 Å².